The highest BCUT2D eigenvalue weighted by Gasteiger charge is 2.20. The minimum atomic E-state index is -0.0951. The van der Waals surface area contributed by atoms with Gasteiger partial charge in [0.1, 0.15) is 17.2 Å². The van der Waals surface area contributed by atoms with Crippen molar-refractivity contribution in [3.05, 3.63) is 76.8 Å². The molecule has 0 aliphatic heterocycles. The molecule has 4 aromatic rings. The number of hydrogen-bond donors (Lipinski definition) is 1. The summed E-state index contributed by atoms with van der Waals surface area (Å²) in [4.78, 5) is 18.4. The van der Waals surface area contributed by atoms with E-state index in [4.69, 9.17) is 4.98 Å². The summed E-state index contributed by atoms with van der Waals surface area (Å²) in [5.41, 5.74) is 3.24. The third-order valence-electron chi connectivity index (χ3n) is 4.46. The Morgan fingerprint density at radius 3 is 2.67 bits per heavy atom. The maximum absolute atomic E-state index is 11.6. The average Bonchev–Trinajstić information content (AvgIpc) is 3.30. The zero-order valence-electron chi connectivity index (χ0n) is 17.5. The topological polar surface area (TPSA) is 46.4 Å². The molecule has 4 nitrogen and oxygen atoms in total. The van der Waals surface area contributed by atoms with Crippen LogP contribution < -0.4 is 5.32 Å². The van der Waals surface area contributed by atoms with Gasteiger partial charge in [-0.1, -0.05) is 30.0 Å². The highest BCUT2D eigenvalue weighted by Crippen LogP contribution is 2.35. The molecule has 150 valence electrons. The van der Waals surface area contributed by atoms with Crippen molar-refractivity contribution in [2.45, 2.75) is 33.2 Å². The lowest BCUT2D eigenvalue weighted by atomic mass is 10.1. The first-order valence-corrected chi connectivity index (χ1v) is 10.6. The Kier molecular flexibility index (Phi) is 5.19. The number of pyridine rings is 1. The molecular formula is C25H23N3OS. The normalized spacial score (nSPS) is 11.2. The van der Waals surface area contributed by atoms with E-state index in [-0.39, 0.29) is 11.3 Å². The Bertz CT molecular complexity index is 1300. The highest BCUT2D eigenvalue weighted by molar-refractivity contribution is 7.16. The first-order valence-electron chi connectivity index (χ1n) is 9.79. The van der Waals surface area contributed by atoms with Crippen LogP contribution in [-0.2, 0) is 0 Å². The Morgan fingerprint density at radius 1 is 1.07 bits per heavy atom. The van der Waals surface area contributed by atoms with Gasteiger partial charge in [-0.2, -0.15) is 0 Å². The quantitative estimate of drug-likeness (QED) is 0.337. The molecule has 0 atom stereocenters. The Morgan fingerprint density at radius 2 is 1.90 bits per heavy atom. The molecule has 0 amide bonds. The summed E-state index contributed by atoms with van der Waals surface area (Å²) < 4.78 is 2.08. The zero-order valence-corrected chi connectivity index (χ0v) is 18.3. The van der Waals surface area contributed by atoms with Crippen LogP contribution in [0.3, 0.4) is 0 Å². The van der Waals surface area contributed by atoms with Gasteiger partial charge in [-0.3, -0.25) is 9.20 Å². The van der Waals surface area contributed by atoms with Crippen LogP contribution in [0.25, 0.3) is 16.2 Å². The fraction of sp³-hybridized carbons (Fsp3) is 0.200. The predicted molar refractivity (Wildman–Crippen MR) is 124 cm³/mol. The minimum Gasteiger partial charge on any atom is -0.365 e. The van der Waals surface area contributed by atoms with Gasteiger partial charge in [0.15, 0.2) is 5.78 Å². The summed E-state index contributed by atoms with van der Waals surface area (Å²) in [6.07, 6.45) is 2.02. The monoisotopic (exact) mass is 413 g/mol. The Balaban J connectivity index is 1.70. The number of nitrogens with one attached hydrogen (secondary N) is 1. The highest BCUT2D eigenvalue weighted by atomic mass is 32.1. The molecule has 0 saturated carbocycles. The first kappa shape index (κ1) is 19.9. The molecule has 3 heterocycles. The summed E-state index contributed by atoms with van der Waals surface area (Å²) in [5.74, 6) is 7.41. The number of carbonyl (C=O) groups excluding carboxylic acids is 1. The molecule has 1 N–H and O–H groups in total. The smallest absolute Gasteiger partial charge is 0.159 e. The van der Waals surface area contributed by atoms with E-state index in [0.717, 1.165) is 32.5 Å². The molecule has 3 aromatic heterocycles. The number of nitrogens with zero attached hydrogens (tertiary/aromatic N) is 2. The number of thiophene rings is 1. The minimum absolute atomic E-state index is 0.0442. The zero-order chi connectivity index (χ0) is 21.3. The third kappa shape index (κ3) is 4.29. The van der Waals surface area contributed by atoms with E-state index in [1.165, 1.54) is 0 Å². The average molecular weight is 414 g/mol. The number of Topliss-reactive ketones (excluding diaryl/α,β-unsaturated/α-hetero) is 1. The van der Waals surface area contributed by atoms with Gasteiger partial charge < -0.3 is 5.32 Å². The lowest BCUT2D eigenvalue weighted by Crippen LogP contribution is -2.27. The number of anilines is 1. The summed E-state index contributed by atoms with van der Waals surface area (Å²) in [7, 11) is 0. The van der Waals surface area contributed by atoms with Crippen LogP contribution in [0, 0.1) is 11.8 Å². The lowest BCUT2D eigenvalue weighted by Gasteiger charge is -2.22. The summed E-state index contributed by atoms with van der Waals surface area (Å²) in [5, 5.41) is 3.59. The molecule has 0 saturated heterocycles. The fourth-order valence-corrected chi connectivity index (χ4v) is 3.97. The third-order valence-corrected chi connectivity index (χ3v) is 5.47. The molecule has 0 radical (unpaired) electrons. The first-order chi connectivity index (χ1) is 14.3. The Labute approximate surface area is 180 Å². The summed E-state index contributed by atoms with van der Waals surface area (Å²) in [6, 6.07) is 17.5. The van der Waals surface area contributed by atoms with E-state index in [0.29, 0.717) is 5.56 Å². The van der Waals surface area contributed by atoms with Crippen LogP contribution in [0.5, 0.6) is 0 Å². The van der Waals surface area contributed by atoms with Gasteiger partial charge in [0.25, 0.3) is 0 Å². The van der Waals surface area contributed by atoms with Gasteiger partial charge in [0.05, 0.1) is 9.75 Å². The molecule has 4 rings (SSSR count). The molecule has 0 spiro atoms. The van der Waals surface area contributed by atoms with Crippen molar-refractivity contribution >= 4 is 28.6 Å². The second kappa shape index (κ2) is 7.81. The van der Waals surface area contributed by atoms with Crippen molar-refractivity contribution in [1.29, 1.82) is 0 Å². The summed E-state index contributed by atoms with van der Waals surface area (Å²) in [6.45, 7) is 7.98. The number of fused-ring (bicyclic) bond motifs is 1. The van der Waals surface area contributed by atoms with Crippen LogP contribution in [0.2, 0.25) is 0 Å². The van der Waals surface area contributed by atoms with E-state index < -0.39 is 0 Å². The van der Waals surface area contributed by atoms with Crippen molar-refractivity contribution in [2.24, 2.45) is 0 Å². The van der Waals surface area contributed by atoms with E-state index in [1.807, 2.05) is 54.7 Å². The van der Waals surface area contributed by atoms with Gasteiger partial charge in [-0.15, -0.1) is 11.3 Å². The lowest BCUT2D eigenvalue weighted by molar-refractivity contribution is 0.101. The standard InChI is InChI=1S/C25H23N3OS/c1-17(29)19-9-7-8-18(16-19)11-12-20-13-14-21(30-20)23-24(27-25(2,3)4)28-15-6-5-10-22(28)26-23/h5-10,13-16,27H,1-4H3. The number of aromatic nitrogens is 2. The van der Waals surface area contributed by atoms with Crippen molar-refractivity contribution in [3.8, 4) is 22.4 Å². The van der Waals surface area contributed by atoms with E-state index in [9.17, 15) is 4.79 Å². The van der Waals surface area contributed by atoms with Gasteiger partial charge in [0.2, 0.25) is 0 Å². The molecule has 0 fully saturated rings. The summed E-state index contributed by atoms with van der Waals surface area (Å²) >= 11 is 1.61. The van der Waals surface area contributed by atoms with Crippen LogP contribution in [0.15, 0.2) is 60.8 Å². The fourth-order valence-electron chi connectivity index (χ4n) is 3.12. The van der Waals surface area contributed by atoms with Crippen LogP contribution in [-0.4, -0.2) is 20.7 Å². The van der Waals surface area contributed by atoms with Crippen molar-refractivity contribution < 1.29 is 4.79 Å². The van der Waals surface area contributed by atoms with Crippen LogP contribution in [0.1, 0.15) is 48.5 Å². The molecule has 30 heavy (non-hydrogen) atoms. The Hall–Kier alpha value is -3.36. The number of benzene rings is 1. The largest absolute Gasteiger partial charge is 0.365 e. The van der Waals surface area contributed by atoms with E-state index >= 15 is 0 Å². The van der Waals surface area contributed by atoms with E-state index in [2.05, 4.69) is 48.4 Å². The second-order valence-corrected chi connectivity index (χ2v) is 9.25. The molecule has 5 heteroatoms. The number of imidazole rings is 1. The molecular weight excluding hydrogens is 390 g/mol. The van der Waals surface area contributed by atoms with Crippen LogP contribution >= 0.6 is 11.3 Å². The molecule has 0 bridgehead atoms. The van der Waals surface area contributed by atoms with Gasteiger partial charge in [-0.25, -0.2) is 4.98 Å². The number of rotatable bonds is 3. The van der Waals surface area contributed by atoms with Crippen molar-refractivity contribution in [3.63, 3.8) is 0 Å². The molecule has 0 unspecified atom stereocenters. The number of carbonyl (C=O) groups is 1. The SMILES string of the molecule is CC(=O)c1cccc(C#Cc2ccc(-c3nc4ccccn4c3NC(C)(C)C)s2)c1. The van der Waals surface area contributed by atoms with Crippen LogP contribution in [0.4, 0.5) is 5.82 Å². The van der Waals surface area contributed by atoms with Gasteiger partial charge in [0, 0.05) is 22.9 Å². The predicted octanol–water partition coefficient (Wildman–Crippen LogP) is 5.88. The molecule has 0 aliphatic carbocycles. The van der Waals surface area contributed by atoms with E-state index in [1.54, 1.807) is 18.3 Å². The second-order valence-electron chi connectivity index (χ2n) is 8.16. The molecule has 1 aromatic carbocycles. The maximum Gasteiger partial charge on any atom is 0.159 e. The van der Waals surface area contributed by atoms with Gasteiger partial charge >= 0.3 is 0 Å². The maximum atomic E-state index is 11.6. The van der Waals surface area contributed by atoms with Crippen molar-refractivity contribution in [1.82, 2.24) is 9.38 Å². The number of hydrogen-bond acceptors (Lipinski definition) is 4. The number of ketones is 1. The van der Waals surface area contributed by atoms with Crippen molar-refractivity contribution in [2.75, 3.05) is 5.32 Å². The molecule has 0 aliphatic rings. The van der Waals surface area contributed by atoms with Gasteiger partial charge in [-0.05, 0) is 64.1 Å².